The largest absolute Gasteiger partial charge is 0.488 e. The first kappa shape index (κ1) is 21.4. The minimum Gasteiger partial charge on any atom is -0.488 e. The van der Waals surface area contributed by atoms with Crippen molar-refractivity contribution >= 4 is 21.4 Å². The molecule has 2 aromatic carbocycles. The van der Waals surface area contributed by atoms with Gasteiger partial charge in [-0.1, -0.05) is 35.9 Å². The fourth-order valence-electron chi connectivity index (χ4n) is 4.57. The number of rotatable bonds is 7. The van der Waals surface area contributed by atoms with E-state index in [0.29, 0.717) is 6.61 Å². The average Bonchev–Trinajstić information content (AvgIpc) is 3.09. The van der Waals surface area contributed by atoms with Gasteiger partial charge in [-0.3, -0.25) is 0 Å². The molecule has 2 heterocycles. The summed E-state index contributed by atoms with van der Waals surface area (Å²) in [6.45, 7) is 8.46. The molecular formula is C26H34N2OS. The van der Waals surface area contributed by atoms with Crippen LogP contribution in [0.5, 0.6) is 5.75 Å². The van der Waals surface area contributed by atoms with Crippen LogP contribution >= 0.6 is 11.3 Å². The third-order valence-electron chi connectivity index (χ3n) is 6.44. The van der Waals surface area contributed by atoms with Crippen molar-refractivity contribution in [2.45, 2.75) is 45.8 Å². The molecular weight excluding hydrogens is 388 g/mol. The molecule has 0 N–H and O–H groups in total. The fourth-order valence-corrected chi connectivity index (χ4v) is 5.74. The molecule has 0 bridgehead atoms. The normalized spacial score (nSPS) is 15.9. The first-order chi connectivity index (χ1) is 14.5. The predicted molar refractivity (Wildman–Crippen MR) is 129 cm³/mol. The second kappa shape index (κ2) is 9.51. The number of nitrogens with zero attached hydrogens (tertiary/aromatic N) is 2. The summed E-state index contributed by atoms with van der Waals surface area (Å²) in [4.78, 5) is 6.40. The maximum atomic E-state index is 6.27. The molecule has 160 valence electrons. The average molecular weight is 423 g/mol. The summed E-state index contributed by atoms with van der Waals surface area (Å²) < 4.78 is 7.64. The van der Waals surface area contributed by atoms with E-state index >= 15 is 0 Å². The Kier molecular flexibility index (Phi) is 6.77. The van der Waals surface area contributed by atoms with Crippen LogP contribution in [0.2, 0.25) is 0 Å². The van der Waals surface area contributed by atoms with E-state index in [-0.39, 0.29) is 0 Å². The quantitative estimate of drug-likeness (QED) is 0.488. The van der Waals surface area contributed by atoms with Gasteiger partial charge in [0.05, 0.1) is 0 Å². The van der Waals surface area contributed by atoms with Crippen LogP contribution in [0.4, 0.5) is 0 Å². The van der Waals surface area contributed by atoms with Gasteiger partial charge >= 0.3 is 0 Å². The zero-order valence-electron chi connectivity index (χ0n) is 18.8. The van der Waals surface area contributed by atoms with E-state index in [1.54, 1.807) is 0 Å². The van der Waals surface area contributed by atoms with Gasteiger partial charge in [-0.2, -0.15) is 0 Å². The molecule has 0 unspecified atom stereocenters. The van der Waals surface area contributed by atoms with Crippen molar-refractivity contribution in [2.75, 3.05) is 33.7 Å². The molecule has 0 saturated carbocycles. The zero-order valence-corrected chi connectivity index (χ0v) is 19.6. The van der Waals surface area contributed by atoms with Gasteiger partial charge in [-0.15, -0.1) is 11.3 Å². The van der Waals surface area contributed by atoms with Gasteiger partial charge in [0.1, 0.15) is 12.4 Å². The molecule has 3 nitrogen and oxygen atoms in total. The smallest absolute Gasteiger partial charge is 0.123 e. The molecule has 1 saturated heterocycles. The van der Waals surface area contributed by atoms with E-state index in [0.717, 1.165) is 24.8 Å². The molecule has 1 aliphatic heterocycles. The number of ether oxygens (including phenoxy) is 1. The molecule has 0 atom stereocenters. The standard InChI is InChI=1S/C26H34N2OS/c1-19-9-10-24(20(2)17-19)29-18-26-23(22-7-5-6-8-25(22)30-26)13-16-28-14-11-21(12-15-28)27(3)4/h5-10,17,21H,11-16,18H2,1-4H3. The van der Waals surface area contributed by atoms with Crippen LogP contribution in [-0.2, 0) is 13.0 Å². The van der Waals surface area contributed by atoms with E-state index in [2.05, 4.69) is 80.2 Å². The Hall–Kier alpha value is -1.88. The molecule has 1 aromatic heterocycles. The van der Waals surface area contributed by atoms with Gasteiger partial charge in [0.15, 0.2) is 0 Å². The second-order valence-corrected chi connectivity index (χ2v) is 9.98. The summed E-state index contributed by atoms with van der Waals surface area (Å²) in [5.74, 6) is 0.995. The Morgan fingerprint density at radius 3 is 2.57 bits per heavy atom. The number of thiophene rings is 1. The highest BCUT2D eigenvalue weighted by atomic mass is 32.1. The SMILES string of the molecule is Cc1ccc(OCc2sc3ccccc3c2CCN2CCC(N(C)C)CC2)c(C)c1. The predicted octanol–water partition coefficient (Wildman–Crippen LogP) is 5.67. The molecule has 3 aromatic rings. The highest BCUT2D eigenvalue weighted by Gasteiger charge is 2.21. The van der Waals surface area contributed by atoms with Crippen LogP contribution in [0.1, 0.15) is 34.4 Å². The molecule has 4 rings (SSSR count). The lowest BCUT2D eigenvalue weighted by Crippen LogP contribution is -2.42. The molecule has 4 heteroatoms. The number of likely N-dealkylation sites (tertiary alicyclic amines) is 1. The van der Waals surface area contributed by atoms with Crippen molar-refractivity contribution in [1.82, 2.24) is 9.80 Å². The highest BCUT2D eigenvalue weighted by Crippen LogP contribution is 2.33. The summed E-state index contributed by atoms with van der Waals surface area (Å²) in [7, 11) is 4.42. The number of fused-ring (bicyclic) bond motifs is 1. The highest BCUT2D eigenvalue weighted by molar-refractivity contribution is 7.19. The second-order valence-electron chi connectivity index (χ2n) is 8.84. The Morgan fingerprint density at radius 2 is 1.83 bits per heavy atom. The Balaban J connectivity index is 1.46. The molecule has 1 fully saturated rings. The lowest BCUT2D eigenvalue weighted by atomic mass is 10.0. The first-order valence-electron chi connectivity index (χ1n) is 11.1. The van der Waals surface area contributed by atoms with Gasteiger partial charge in [-0.05, 0) is 88.9 Å². The van der Waals surface area contributed by atoms with Crippen molar-refractivity contribution in [1.29, 1.82) is 0 Å². The summed E-state index contributed by atoms with van der Waals surface area (Å²) in [6.07, 6.45) is 3.66. The van der Waals surface area contributed by atoms with E-state index < -0.39 is 0 Å². The maximum absolute atomic E-state index is 6.27. The number of piperidine rings is 1. The first-order valence-corrected chi connectivity index (χ1v) is 11.9. The number of benzene rings is 2. The Bertz CT molecular complexity index is 986. The monoisotopic (exact) mass is 422 g/mol. The van der Waals surface area contributed by atoms with E-state index in [4.69, 9.17) is 4.74 Å². The number of hydrogen-bond acceptors (Lipinski definition) is 4. The van der Waals surface area contributed by atoms with Gasteiger partial charge < -0.3 is 14.5 Å². The zero-order chi connectivity index (χ0) is 21.1. The van der Waals surface area contributed by atoms with E-state index in [9.17, 15) is 0 Å². The summed E-state index contributed by atoms with van der Waals surface area (Å²) in [5, 5.41) is 1.41. The van der Waals surface area contributed by atoms with Crippen LogP contribution < -0.4 is 4.74 Å². The van der Waals surface area contributed by atoms with Crippen molar-refractivity contribution < 1.29 is 4.74 Å². The number of aryl methyl sites for hydroxylation is 2. The topological polar surface area (TPSA) is 15.7 Å². The van der Waals surface area contributed by atoms with Crippen LogP contribution in [-0.4, -0.2) is 49.6 Å². The van der Waals surface area contributed by atoms with E-state index in [1.165, 1.54) is 57.6 Å². The lowest BCUT2D eigenvalue weighted by molar-refractivity contribution is 0.146. The molecule has 0 amide bonds. The van der Waals surface area contributed by atoms with Crippen molar-refractivity contribution in [2.24, 2.45) is 0 Å². The molecule has 30 heavy (non-hydrogen) atoms. The fraction of sp³-hybridized carbons (Fsp3) is 0.462. The Labute approximate surface area is 185 Å². The molecule has 1 aliphatic rings. The minimum absolute atomic E-state index is 0.654. The summed E-state index contributed by atoms with van der Waals surface area (Å²) >= 11 is 1.89. The lowest BCUT2D eigenvalue weighted by Gasteiger charge is -2.35. The Morgan fingerprint density at radius 1 is 1.07 bits per heavy atom. The van der Waals surface area contributed by atoms with E-state index in [1.807, 2.05) is 11.3 Å². The van der Waals surface area contributed by atoms with Gasteiger partial charge in [0.2, 0.25) is 0 Å². The van der Waals surface area contributed by atoms with Crippen molar-refractivity contribution in [3.63, 3.8) is 0 Å². The van der Waals surface area contributed by atoms with Crippen LogP contribution in [0.3, 0.4) is 0 Å². The molecule has 0 radical (unpaired) electrons. The third-order valence-corrected chi connectivity index (χ3v) is 7.62. The minimum atomic E-state index is 0.654. The van der Waals surface area contributed by atoms with Gasteiger partial charge in [0.25, 0.3) is 0 Å². The maximum Gasteiger partial charge on any atom is 0.123 e. The van der Waals surface area contributed by atoms with Crippen LogP contribution in [0.15, 0.2) is 42.5 Å². The molecule has 0 spiro atoms. The van der Waals surface area contributed by atoms with Crippen LogP contribution in [0, 0.1) is 13.8 Å². The number of hydrogen-bond donors (Lipinski definition) is 0. The summed E-state index contributed by atoms with van der Waals surface area (Å²) in [6, 6.07) is 16.0. The van der Waals surface area contributed by atoms with Crippen molar-refractivity contribution in [3.05, 3.63) is 64.0 Å². The van der Waals surface area contributed by atoms with Gasteiger partial charge in [0, 0.05) is 22.2 Å². The summed E-state index contributed by atoms with van der Waals surface area (Å²) in [5.41, 5.74) is 3.97. The van der Waals surface area contributed by atoms with Gasteiger partial charge in [-0.25, -0.2) is 0 Å². The van der Waals surface area contributed by atoms with Crippen molar-refractivity contribution in [3.8, 4) is 5.75 Å². The van der Waals surface area contributed by atoms with Crippen LogP contribution in [0.25, 0.3) is 10.1 Å². The third kappa shape index (κ3) is 4.88. The molecule has 0 aliphatic carbocycles.